The molecule has 136 valence electrons. The second kappa shape index (κ2) is 8.22. The molecule has 3 nitrogen and oxygen atoms in total. The number of hydrogen-bond acceptors (Lipinski definition) is 2. The lowest BCUT2D eigenvalue weighted by molar-refractivity contribution is -0.136. The zero-order valence-corrected chi connectivity index (χ0v) is 15.5. The molecule has 26 heavy (non-hydrogen) atoms. The van der Waals surface area contributed by atoms with Crippen molar-refractivity contribution in [1.82, 2.24) is 0 Å². The molecular formula is C23H26O3. The molecular weight excluding hydrogens is 324 g/mol. The molecule has 0 fully saturated rings. The SMILES string of the molecule is Cc1ccc(C2=C(COc3ccc(CCC(=O)O)cc3)CCC2)c(C)c1. The zero-order valence-electron chi connectivity index (χ0n) is 15.5. The molecule has 0 amide bonds. The molecule has 0 saturated heterocycles. The summed E-state index contributed by atoms with van der Waals surface area (Å²) in [5, 5.41) is 8.76. The fraction of sp³-hybridized carbons (Fsp3) is 0.348. The second-order valence-corrected chi connectivity index (χ2v) is 7.08. The fourth-order valence-electron chi connectivity index (χ4n) is 3.62. The average Bonchev–Trinajstić information content (AvgIpc) is 3.07. The van der Waals surface area contributed by atoms with Gasteiger partial charge in [-0.25, -0.2) is 0 Å². The number of benzene rings is 2. The first-order valence-corrected chi connectivity index (χ1v) is 9.25. The van der Waals surface area contributed by atoms with Crippen molar-refractivity contribution in [3.05, 3.63) is 70.3 Å². The maximum absolute atomic E-state index is 10.6. The van der Waals surface area contributed by atoms with Gasteiger partial charge in [0.05, 0.1) is 0 Å². The molecule has 0 aliphatic heterocycles. The highest BCUT2D eigenvalue weighted by molar-refractivity contribution is 5.73. The fourth-order valence-corrected chi connectivity index (χ4v) is 3.62. The molecule has 0 spiro atoms. The van der Waals surface area contributed by atoms with Gasteiger partial charge < -0.3 is 9.84 Å². The highest BCUT2D eigenvalue weighted by atomic mass is 16.5. The third kappa shape index (κ3) is 4.54. The molecule has 1 aliphatic rings. The van der Waals surface area contributed by atoms with E-state index in [9.17, 15) is 4.79 Å². The van der Waals surface area contributed by atoms with Crippen LogP contribution in [0.2, 0.25) is 0 Å². The number of carbonyl (C=O) groups is 1. The van der Waals surface area contributed by atoms with Gasteiger partial charge in [0.25, 0.3) is 0 Å². The summed E-state index contributed by atoms with van der Waals surface area (Å²) in [4.78, 5) is 10.6. The summed E-state index contributed by atoms with van der Waals surface area (Å²) in [6.45, 7) is 4.93. The van der Waals surface area contributed by atoms with Gasteiger partial charge in [-0.1, -0.05) is 35.9 Å². The lowest BCUT2D eigenvalue weighted by Gasteiger charge is -2.13. The van der Waals surface area contributed by atoms with Gasteiger partial charge in [-0.2, -0.15) is 0 Å². The molecule has 3 heteroatoms. The molecule has 0 aromatic heterocycles. The summed E-state index contributed by atoms with van der Waals surface area (Å²) in [6, 6.07) is 14.4. The van der Waals surface area contributed by atoms with E-state index in [1.807, 2.05) is 24.3 Å². The maximum atomic E-state index is 10.6. The third-order valence-electron chi connectivity index (χ3n) is 5.00. The van der Waals surface area contributed by atoms with Gasteiger partial charge in [-0.3, -0.25) is 4.79 Å². The molecule has 0 bridgehead atoms. The van der Waals surface area contributed by atoms with Crippen LogP contribution in [0.4, 0.5) is 0 Å². The standard InChI is InChI=1S/C23H26O3/c1-16-6-12-21(17(2)14-16)22-5-3-4-19(22)15-26-20-10-7-18(8-11-20)9-13-23(24)25/h6-8,10-12,14H,3-5,9,13,15H2,1-2H3,(H,24,25). The number of carboxylic acids is 1. The number of aryl methyl sites for hydroxylation is 3. The van der Waals surface area contributed by atoms with Crippen molar-refractivity contribution >= 4 is 11.5 Å². The van der Waals surface area contributed by atoms with Gasteiger partial charge in [-0.05, 0) is 79.5 Å². The Balaban J connectivity index is 1.67. The molecule has 1 N–H and O–H groups in total. The van der Waals surface area contributed by atoms with E-state index < -0.39 is 5.97 Å². The first-order chi connectivity index (χ1) is 12.5. The van der Waals surface area contributed by atoms with Crippen molar-refractivity contribution in [2.24, 2.45) is 0 Å². The van der Waals surface area contributed by atoms with E-state index in [0.717, 1.165) is 24.2 Å². The maximum Gasteiger partial charge on any atom is 0.303 e. The Morgan fingerprint density at radius 2 is 1.85 bits per heavy atom. The highest BCUT2D eigenvalue weighted by Crippen LogP contribution is 2.35. The number of ether oxygens (including phenoxy) is 1. The first-order valence-electron chi connectivity index (χ1n) is 9.25. The van der Waals surface area contributed by atoms with E-state index in [1.54, 1.807) is 0 Å². The Bertz CT molecular complexity index is 816. The van der Waals surface area contributed by atoms with Gasteiger partial charge in [0.15, 0.2) is 0 Å². The minimum atomic E-state index is -0.766. The summed E-state index contributed by atoms with van der Waals surface area (Å²) in [5.74, 6) is 0.0703. The summed E-state index contributed by atoms with van der Waals surface area (Å²) < 4.78 is 6.01. The minimum Gasteiger partial charge on any atom is -0.489 e. The summed E-state index contributed by atoms with van der Waals surface area (Å²) in [7, 11) is 0. The van der Waals surface area contributed by atoms with Gasteiger partial charge in [0.1, 0.15) is 12.4 Å². The lowest BCUT2D eigenvalue weighted by Crippen LogP contribution is -2.02. The summed E-state index contributed by atoms with van der Waals surface area (Å²) in [6.07, 6.45) is 4.12. The molecule has 0 atom stereocenters. The number of hydrogen-bond donors (Lipinski definition) is 1. The quantitative estimate of drug-likeness (QED) is 0.733. The van der Waals surface area contributed by atoms with E-state index >= 15 is 0 Å². The largest absolute Gasteiger partial charge is 0.489 e. The van der Waals surface area contributed by atoms with Gasteiger partial charge in [0, 0.05) is 6.42 Å². The zero-order chi connectivity index (χ0) is 18.5. The first kappa shape index (κ1) is 18.2. The average molecular weight is 350 g/mol. The van der Waals surface area contributed by atoms with Crippen LogP contribution in [-0.4, -0.2) is 17.7 Å². The smallest absolute Gasteiger partial charge is 0.303 e. The Hall–Kier alpha value is -2.55. The van der Waals surface area contributed by atoms with Crippen LogP contribution in [0.3, 0.4) is 0 Å². The van der Waals surface area contributed by atoms with Crippen molar-refractivity contribution in [3.8, 4) is 5.75 Å². The molecule has 0 saturated carbocycles. The van der Waals surface area contributed by atoms with Crippen LogP contribution in [0.5, 0.6) is 5.75 Å². The van der Waals surface area contributed by atoms with Crippen molar-refractivity contribution in [2.75, 3.05) is 6.61 Å². The number of allylic oxidation sites excluding steroid dienone is 1. The molecule has 3 rings (SSSR count). The van der Waals surface area contributed by atoms with Crippen molar-refractivity contribution < 1.29 is 14.6 Å². The lowest BCUT2D eigenvalue weighted by atomic mass is 9.96. The van der Waals surface area contributed by atoms with E-state index in [-0.39, 0.29) is 6.42 Å². The predicted molar refractivity (Wildman–Crippen MR) is 105 cm³/mol. The molecule has 0 radical (unpaired) electrons. The van der Waals surface area contributed by atoms with Crippen LogP contribution in [0.1, 0.15) is 47.9 Å². The van der Waals surface area contributed by atoms with Gasteiger partial charge >= 0.3 is 5.97 Å². The molecule has 2 aromatic rings. The van der Waals surface area contributed by atoms with Crippen LogP contribution in [0.25, 0.3) is 5.57 Å². The molecule has 2 aromatic carbocycles. The van der Waals surface area contributed by atoms with Crippen LogP contribution in [0, 0.1) is 13.8 Å². The van der Waals surface area contributed by atoms with E-state index in [4.69, 9.17) is 9.84 Å². The van der Waals surface area contributed by atoms with E-state index in [1.165, 1.54) is 34.3 Å². The summed E-state index contributed by atoms with van der Waals surface area (Å²) in [5.41, 5.74) is 7.85. The van der Waals surface area contributed by atoms with Crippen LogP contribution in [0.15, 0.2) is 48.0 Å². The Morgan fingerprint density at radius 1 is 1.08 bits per heavy atom. The van der Waals surface area contributed by atoms with E-state index in [2.05, 4.69) is 32.0 Å². The minimum absolute atomic E-state index is 0.159. The molecule has 0 unspecified atom stereocenters. The van der Waals surface area contributed by atoms with Crippen LogP contribution >= 0.6 is 0 Å². The van der Waals surface area contributed by atoms with Gasteiger partial charge in [0.2, 0.25) is 0 Å². The molecule has 1 aliphatic carbocycles. The normalized spacial score (nSPS) is 13.9. The number of aliphatic carboxylic acids is 1. The van der Waals surface area contributed by atoms with Gasteiger partial charge in [-0.15, -0.1) is 0 Å². The predicted octanol–water partition coefficient (Wildman–Crippen LogP) is 5.34. The molecule has 0 heterocycles. The number of rotatable bonds is 7. The van der Waals surface area contributed by atoms with E-state index in [0.29, 0.717) is 13.0 Å². The Morgan fingerprint density at radius 3 is 2.54 bits per heavy atom. The van der Waals surface area contributed by atoms with Crippen LogP contribution in [-0.2, 0) is 11.2 Å². The van der Waals surface area contributed by atoms with Crippen molar-refractivity contribution in [3.63, 3.8) is 0 Å². The highest BCUT2D eigenvalue weighted by Gasteiger charge is 2.18. The second-order valence-electron chi connectivity index (χ2n) is 7.08. The topological polar surface area (TPSA) is 46.5 Å². The number of carboxylic acid groups (broad SMARTS) is 1. The Kier molecular flexibility index (Phi) is 5.77. The van der Waals surface area contributed by atoms with Crippen LogP contribution < -0.4 is 4.74 Å². The van der Waals surface area contributed by atoms with Crippen molar-refractivity contribution in [2.45, 2.75) is 46.0 Å². The van der Waals surface area contributed by atoms with Crippen molar-refractivity contribution in [1.29, 1.82) is 0 Å². The summed E-state index contributed by atoms with van der Waals surface area (Å²) >= 11 is 0. The monoisotopic (exact) mass is 350 g/mol. The Labute approximate surface area is 155 Å². The third-order valence-corrected chi connectivity index (χ3v) is 5.00.